The summed E-state index contributed by atoms with van der Waals surface area (Å²) in [7, 11) is 0. The summed E-state index contributed by atoms with van der Waals surface area (Å²) in [6.07, 6.45) is 0. The van der Waals surface area contributed by atoms with Crippen LogP contribution in [0.1, 0.15) is 29.7 Å². The Kier molecular flexibility index (Phi) is 2.98. The molecule has 0 spiro atoms. The van der Waals surface area contributed by atoms with Gasteiger partial charge in [-0.3, -0.25) is 0 Å². The van der Waals surface area contributed by atoms with Crippen LogP contribution in [-0.4, -0.2) is 5.11 Å². The Morgan fingerprint density at radius 2 is 2.00 bits per heavy atom. The molecule has 0 fully saturated rings. The van der Waals surface area contributed by atoms with Crippen LogP contribution in [0, 0.1) is 13.8 Å². The van der Waals surface area contributed by atoms with Crippen molar-refractivity contribution in [2.75, 3.05) is 0 Å². The Morgan fingerprint density at radius 3 is 2.46 bits per heavy atom. The van der Waals surface area contributed by atoms with Crippen molar-refractivity contribution in [1.29, 1.82) is 0 Å². The van der Waals surface area contributed by atoms with Crippen molar-refractivity contribution in [2.45, 2.75) is 26.8 Å². The number of aryl methyl sites for hydroxylation is 1. The van der Waals surface area contributed by atoms with E-state index in [0.29, 0.717) is 5.75 Å². The summed E-state index contributed by atoms with van der Waals surface area (Å²) in [5.74, 6) is 0.343. The predicted molar refractivity (Wildman–Crippen MR) is 57.9 cm³/mol. The smallest absolute Gasteiger partial charge is 0.121 e. The van der Waals surface area contributed by atoms with Crippen LogP contribution in [0.3, 0.4) is 0 Å². The van der Waals surface area contributed by atoms with E-state index in [2.05, 4.69) is 15.9 Å². The minimum absolute atomic E-state index is 0.0686. The average Bonchev–Trinajstić information content (AvgIpc) is 1.99. The Morgan fingerprint density at radius 1 is 1.46 bits per heavy atom. The van der Waals surface area contributed by atoms with Crippen molar-refractivity contribution >= 4 is 15.9 Å². The number of phenolic OH excluding ortho intramolecular Hbond substituents is 1. The first-order valence-electron chi connectivity index (χ1n) is 4.19. The van der Waals surface area contributed by atoms with Crippen molar-refractivity contribution in [3.05, 3.63) is 27.2 Å². The minimum Gasteiger partial charge on any atom is -0.507 e. The second-order valence-corrected chi connectivity index (χ2v) is 4.21. The van der Waals surface area contributed by atoms with Crippen LogP contribution in [0.25, 0.3) is 0 Å². The van der Waals surface area contributed by atoms with Crippen LogP contribution in [0.4, 0.5) is 0 Å². The number of nitrogens with two attached hydrogens (primary N) is 1. The number of halogens is 1. The van der Waals surface area contributed by atoms with Crippen molar-refractivity contribution in [3.63, 3.8) is 0 Å². The summed E-state index contributed by atoms with van der Waals surface area (Å²) < 4.78 is 0.968. The van der Waals surface area contributed by atoms with Gasteiger partial charge in [-0.1, -0.05) is 15.9 Å². The molecule has 0 amide bonds. The molecule has 1 unspecified atom stereocenters. The fraction of sp³-hybridized carbons (Fsp3) is 0.400. The van der Waals surface area contributed by atoms with Gasteiger partial charge in [-0.05, 0) is 43.5 Å². The van der Waals surface area contributed by atoms with Gasteiger partial charge >= 0.3 is 0 Å². The predicted octanol–water partition coefficient (Wildman–Crippen LogP) is 2.79. The molecule has 0 radical (unpaired) electrons. The van der Waals surface area contributed by atoms with E-state index < -0.39 is 0 Å². The average molecular weight is 244 g/mol. The lowest BCUT2D eigenvalue weighted by molar-refractivity contribution is 0.465. The van der Waals surface area contributed by atoms with E-state index >= 15 is 0 Å². The van der Waals surface area contributed by atoms with E-state index in [1.807, 2.05) is 26.8 Å². The van der Waals surface area contributed by atoms with Gasteiger partial charge in [0.1, 0.15) is 5.75 Å². The zero-order valence-electron chi connectivity index (χ0n) is 8.06. The SMILES string of the molecule is Cc1cc(Br)c(C(C)N)c(C)c1O. The van der Waals surface area contributed by atoms with Gasteiger partial charge in [0, 0.05) is 10.5 Å². The summed E-state index contributed by atoms with van der Waals surface area (Å²) in [5.41, 5.74) is 8.50. The van der Waals surface area contributed by atoms with E-state index in [9.17, 15) is 5.11 Å². The first kappa shape index (κ1) is 10.5. The summed E-state index contributed by atoms with van der Waals surface area (Å²) in [6.45, 7) is 5.66. The molecule has 72 valence electrons. The Bertz CT molecular complexity index is 334. The fourth-order valence-electron chi connectivity index (χ4n) is 1.50. The molecule has 0 aliphatic carbocycles. The molecule has 3 N–H and O–H groups in total. The van der Waals surface area contributed by atoms with E-state index in [-0.39, 0.29) is 6.04 Å². The van der Waals surface area contributed by atoms with Crippen molar-refractivity contribution < 1.29 is 5.11 Å². The molecule has 0 heterocycles. The zero-order chi connectivity index (χ0) is 10.2. The maximum Gasteiger partial charge on any atom is 0.121 e. The lowest BCUT2D eigenvalue weighted by Gasteiger charge is -2.15. The van der Waals surface area contributed by atoms with Crippen molar-refractivity contribution in [1.82, 2.24) is 0 Å². The second kappa shape index (κ2) is 3.68. The van der Waals surface area contributed by atoms with Crippen LogP contribution in [0.2, 0.25) is 0 Å². The molecule has 1 aromatic carbocycles. The molecule has 1 rings (SSSR count). The van der Waals surface area contributed by atoms with E-state index in [1.54, 1.807) is 0 Å². The van der Waals surface area contributed by atoms with Gasteiger partial charge < -0.3 is 10.8 Å². The standard InChI is InChI=1S/C10H14BrNO/c1-5-4-8(11)9(7(3)12)6(2)10(5)13/h4,7,13H,12H2,1-3H3. The summed E-state index contributed by atoms with van der Waals surface area (Å²) >= 11 is 3.44. The first-order valence-corrected chi connectivity index (χ1v) is 4.98. The summed E-state index contributed by atoms with van der Waals surface area (Å²) in [5, 5.41) is 9.68. The van der Waals surface area contributed by atoms with Gasteiger partial charge in [-0.25, -0.2) is 0 Å². The molecule has 0 aromatic heterocycles. The van der Waals surface area contributed by atoms with Gasteiger partial charge in [-0.2, -0.15) is 0 Å². The topological polar surface area (TPSA) is 46.2 Å². The normalized spacial score (nSPS) is 13.0. The minimum atomic E-state index is -0.0686. The van der Waals surface area contributed by atoms with Crippen molar-refractivity contribution in [3.8, 4) is 5.75 Å². The van der Waals surface area contributed by atoms with Gasteiger partial charge in [0.25, 0.3) is 0 Å². The van der Waals surface area contributed by atoms with Crippen LogP contribution >= 0.6 is 15.9 Å². The Labute approximate surface area is 86.9 Å². The van der Waals surface area contributed by atoms with Gasteiger partial charge in [-0.15, -0.1) is 0 Å². The quantitative estimate of drug-likeness (QED) is 0.797. The van der Waals surface area contributed by atoms with Crippen LogP contribution in [0.15, 0.2) is 10.5 Å². The number of hydrogen-bond acceptors (Lipinski definition) is 2. The summed E-state index contributed by atoms with van der Waals surface area (Å²) in [4.78, 5) is 0. The molecule has 0 saturated carbocycles. The van der Waals surface area contributed by atoms with Crippen molar-refractivity contribution in [2.24, 2.45) is 5.73 Å². The highest BCUT2D eigenvalue weighted by Gasteiger charge is 2.13. The van der Waals surface area contributed by atoms with E-state index in [1.165, 1.54) is 0 Å². The highest BCUT2D eigenvalue weighted by Crippen LogP contribution is 2.33. The maximum atomic E-state index is 9.68. The molecular formula is C10H14BrNO. The molecule has 3 heteroatoms. The third kappa shape index (κ3) is 1.86. The highest BCUT2D eigenvalue weighted by molar-refractivity contribution is 9.10. The molecule has 0 aliphatic heterocycles. The number of benzene rings is 1. The highest BCUT2D eigenvalue weighted by atomic mass is 79.9. The van der Waals surface area contributed by atoms with Crippen LogP contribution < -0.4 is 5.73 Å². The van der Waals surface area contributed by atoms with E-state index in [0.717, 1.165) is 21.2 Å². The molecule has 0 bridgehead atoms. The number of phenols is 1. The maximum absolute atomic E-state index is 9.68. The van der Waals surface area contributed by atoms with Crippen LogP contribution in [0.5, 0.6) is 5.75 Å². The van der Waals surface area contributed by atoms with Gasteiger partial charge in [0.15, 0.2) is 0 Å². The zero-order valence-corrected chi connectivity index (χ0v) is 9.64. The Balaban J connectivity index is 3.44. The molecule has 1 atom stereocenters. The molecule has 13 heavy (non-hydrogen) atoms. The molecular weight excluding hydrogens is 230 g/mol. The molecule has 2 nitrogen and oxygen atoms in total. The van der Waals surface area contributed by atoms with Crippen LogP contribution in [-0.2, 0) is 0 Å². The first-order chi connectivity index (χ1) is 5.95. The summed E-state index contributed by atoms with van der Waals surface area (Å²) in [6, 6.07) is 1.82. The lowest BCUT2D eigenvalue weighted by Crippen LogP contribution is -2.08. The number of aromatic hydroxyl groups is 1. The second-order valence-electron chi connectivity index (χ2n) is 3.35. The van der Waals surface area contributed by atoms with Gasteiger partial charge in [0.05, 0.1) is 0 Å². The number of hydrogen-bond donors (Lipinski definition) is 2. The third-order valence-corrected chi connectivity index (χ3v) is 2.84. The Hall–Kier alpha value is -0.540. The largest absolute Gasteiger partial charge is 0.507 e. The monoisotopic (exact) mass is 243 g/mol. The molecule has 0 saturated heterocycles. The van der Waals surface area contributed by atoms with Gasteiger partial charge in [0.2, 0.25) is 0 Å². The molecule has 0 aliphatic rings. The lowest BCUT2D eigenvalue weighted by atomic mass is 9.99. The number of rotatable bonds is 1. The third-order valence-electron chi connectivity index (χ3n) is 2.19. The van der Waals surface area contributed by atoms with E-state index in [4.69, 9.17) is 5.73 Å². The fourth-order valence-corrected chi connectivity index (χ4v) is 2.50. The molecule has 1 aromatic rings.